The van der Waals surface area contributed by atoms with Crippen molar-refractivity contribution in [2.24, 2.45) is 0 Å². The molecule has 20 heavy (non-hydrogen) atoms. The number of hydrogen-bond donors (Lipinski definition) is 1. The van der Waals surface area contributed by atoms with E-state index in [0.717, 1.165) is 16.8 Å². The molecule has 3 rings (SSSR count). The number of aromatic nitrogens is 1. The highest BCUT2D eigenvalue weighted by molar-refractivity contribution is 6.06. The molecule has 0 fully saturated rings. The Morgan fingerprint density at radius 3 is 2.65 bits per heavy atom. The molecule has 0 spiro atoms. The van der Waals surface area contributed by atoms with Gasteiger partial charge in [-0.2, -0.15) is 0 Å². The van der Waals surface area contributed by atoms with Crippen molar-refractivity contribution in [2.45, 2.75) is 13.8 Å². The zero-order valence-electron chi connectivity index (χ0n) is 11.3. The van der Waals surface area contributed by atoms with E-state index in [1.807, 2.05) is 32.0 Å². The molecule has 0 aliphatic carbocycles. The monoisotopic (exact) mass is 266 g/mol. The van der Waals surface area contributed by atoms with Crippen LogP contribution in [0.1, 0.15) is 21.5 Å². The molecular formula is C16H14N2O2. The Balaban J connectivity index is 1.92. The summed E-state index contributed by atoms with van der Waals surface area (Å²) in [4.78, 5) is 16.4. The van der Waals surface area contributed by atoms with Crippen LogP contribution in [0.2, 0.25) is 0 Å². The number of nitrogens with one attached hydrogen (secondary N) is 1. The summed E-state index contributed by atoms with van der Waals surface area (Å²) in [5, 5.41) is 2.95. The molecule has 0 saturated heterocycles. The summed E-state index contributed by atoms with van der Waals surface area (Å²) in [5.74, 6) is -0.146. The van der Waals surface area contributed by atoms with Crippen LogP contribution in [0.5, 0.6) is 0 Å². The van der Waals surface area contributed by atoms with Gasteiger partial charge in [-0.1, -0.05) is 18.2 Å². The quantitative estimate of drug-likeness (QED) is 0.769. The maximum Gasteiger partial charge on any atom is 0.255 e. The van der Waals surface area contributed by atoms with Crippen LogP contribution in [0.3, 0.4) is 0 Å². The standard InChI is InChI=1S/C16H14N2O2/c1-10-4-3-5-11(2)15(10)18-16(19)12-6-7-14-13(8-12)17-9-20-14/h3-9H,1-2H3,(H,18,19). The van der Waals surface area contributed by atoms with Gasteiger partial charge in [0.05, 0.1) is 0 Å². The molecule has 0 atom stereocenters. The fraction of sp³-hybridized carbons (Fsp3) is 0.125. The predicted octanol–water partition coefficient (Wildman–Crippen LogP) is 3.70. The van der Waals surface area contributed by atoms with Gasteiger partial charge in [0.15, 0.2) is 12.0 Å². The van der Waals surface area contributed by atoms with Gasteiger partial charge in [0.2, 0.25) is 0 Å². The second-order valence-electron chi connectivity index (χ2n) is 4.76. The number of carbonyl (C=O) groups is 1. The van der Waals surface area contributed by atoms with Crippen LogP contribution in [0, 0.1) is 13.8 Å². The first-order chi connectivity index (χ1) is 9.65. The number of para-hydroxylation sites is 1. The summed E-state index contributed by atoms with van der Waals surface area (Å²) in [6.07, 6.45) is 1.37. The Hall–Kier alpha value is -2.62. The zero-order valence-corrected chi connectivity index (χ0v) is 11.3. The van der Waals surface area contributed by atoms with Gasteiger partial charge in [-0.15, -0.1) is 0 Å². The summed E-state index contributed by atoms with van der Waals surface area (Å²) in [7, 11) is 0. The lowest BCUT2D eigenvalue weighted by Crippen LogP contribution is -2.13. The van der Waals surface area contributed by atoms with Crippen molar-refractivity contribution < 1.29 is 9.21 Å². The summed E-state index contributed by atoms with van der Waals surface area (Å²) < 4.78 is 5.17. The largest absolute Gasteiger partial charge is 0.443 e. The molecule has 4 heteroatoms. The van der Waals surface area contributed by atoms with Gasteiger partial charge < -0.3 is 9.73 Å². The summed E-state index contributed by atoms with van der Waals surface area (Å²) in [5.41, 5.74) is 4.86. The van der Waals surface area contributed by atoms with E-state index in [9.17, 15) is 4.79 Å². The van der Waals surface area contributed by atoms with Gasteiger partial charge in [-0.25, -0.2) is 4.98 Å². The molecule has 0 aliphatic heterocycles. The van der Waals surface area contributed by atoms with Gasteiger partial charge in [0, 0.05) is 11.3 Å². The Morgan fingerprint density at radius 2 is 1.90 bits per heavy atom. The number of aryl methyl sites for hydroxylation is 2. The number of hydrogen-bond acceptors (Lipinski definition) is 3. The van der Waals surface area contributed by atoms with Gasteiger partial charge >= 0.3 is 0 Å². The first-order valence-electron chi connectivity index (χ1n) is 6.36. The molecule has 1 heterocycles. The summed E-state index contributed by atoms with van der Waals surface area (Å²) >= 11 is 0. The number of oxazole rings is 1. The second kappa shape index (κ2) is 4.81. The van der Waals surface area contributed by atoms with Crippen molar-refractivity contribution in [3.05, 3.63) is 59.5 Å². The molecule has 0 saturated carbocycles. The molecule has 0 radical (unpaired) electrons. The van der Waals surface area contributed by atoms with Gasteiger partial charge in [0.1, 0.15) is 5.52 Å². The number of anilines is 1. The number of fused-ring (bicyclic) bond motifs is 1. The van der Waals surface area contributed by atoms with Gasteiger partial charge in [-0.05, 0) is 43.2 Å². The third-order valence-corrected chi connectivity index (χ3v) is 3.31. The number of nitrogens with zero attached hydrogens (tertiary/aromatic N) is 1. The van der Waals surface area contributed by atoms with Crippen molar-refractivity contribution in [2.75, 3.05) is 5.32 Å². The van der Waals surface area contributed by atoms with E-state index in [1.165, 1.54) is 6.39 Å². The molecule has 1 N–H and O–H groups in total. The predicted molar refractivity (Wildman–Crippen MR) is 77.9 cm³/mol. The molecule has 2 aromatic carbocycles. The molecule has 4 nitrogen and oxygen atoms in total. The molecule has 0 bridgehead atoms. The molecule has 3 aromatic rings. The van der Waals surface area contributed by atoms with E-state index in [-0.39, 0.29) is 5.91 Å². The zero-order chi connectivity index (χ0) is 14.1. The van der Waals surface area contributed by atoms with E-state index in [2.05, 4.69) is 10.3 Å². The summed E-state index contributed by atoms with van der Waals surface area (Å²) in [6, 6.07) is 11.1. The van der Waals surface area contributed by atoms with E-state index in [4.69, 9.17) is 4.42 Å². The normalized spacial score (nSPS) is 10.7. The lowest BCUT2D eigenvalue weighted by Gasteiger charge is -2.11. The Labute approximate surface area is 116 Å². The van der Waals surface area contributed by atoms with Gasteiger partial charge in [0.25, 0.3) is 5.91 Å². The van der Waals surface area contributed by atoms with Crippen molar-refractivity contribution in [1.82, 2.24) is 4.98 Å². The number of rotatable bonds is 2. The fourth-order valence-electron chi connectivity index (χ4n) is 2.20. The van der Waals surface area contributed by atoms with Crippen molar-refractivity contribution >= 4 is 22.7 Å². The van der Waals surface area contributed by atoms with Crippen LogP contribution in [0.25, 0.3) is 11.1 Å². The van der Waals surface area contributed by atoms with Crippen LogP contribution < -0.4 is 5.32 Å². The molecule has 100 valence electrons. The SMILES string of the molecule is Cc1cccc(C)c1NC(=O)c1ccc2ocnc2c1. The van der Waals surface area contributed by atoms with Crippen LogP contribution in [0.4, 0.5) is 5.69 Å². The topological polar surface area (TPSA) is 55.1 Å². The number of carbonyl (C=O) groups excluding carboxylic acids is 1. The second-order valence-corrected chi connectivity index (χ2v) is 4.76. The minimum Gasteiger partial charge on any atom is -0.443 e. The Bertz CT molecular complexity index is 770. The smallest absolute Gasteiger partial charge is 0.255 e. The molecular weight excluding hydrogens is 252 g/mol. The van der Waals surface area contributed by atoms with Crippen LogP contribution in [0.15, 0.2) is 47.2 Å². The lowest BCUT2D eigenvalue weighted by atomic mass is 10.1. The van der Waals surface area contributed by atoms with Crippen LogP contribution >= 0.6 is 0 Å². The Kier molecular flexibility index (Phi) is 2.99. The minimum absolute atomic E-state index is 0.146. The average molecular weight is 266 g/mol. The Morgan fingerprint density at radius 1 is 1.15 bits per heavy atom. The van der Waals surface area contributed by atoms with Crippen LogP contribution in [-0.2, 0) is 0 Å². The third kappa shape index (κ3) is 2.16. The van der Waals surface area contributed by atoms with E-state index >= 15 is 0 Å². The molecule has 1 aromatic heterocycles. The summed E-state index contributed by atoms with van der Waals surface area (Å²) in [6.45, 7) is 3.95. The highest BCUT2D eigenvalue weighted by Gasteiger charge is 2.11. The number of benzene rings is 2. The number of amides is 1. The van der Waals surface area contributed by atoms with E-state index in [0.29, 0.717) is 16.7 Å². The minimum atomic E-state index is -0.146. The maximum atomic E-state index is 12.3. The maximum absolute atomic E-state index is 12.3. The van der Waals surface area contributed by atoms with Crippen molar-refractivity contribution in [3.8, 4) is 0 Å². The lowest BCUT2D eigenvalue weighted by molar-refractivity contribution is 0.102. The molecule has 1 amide bonds. The van der Waals surface area contributed by atoms with E-state index in [1.54, 1.807) is 18.2 Å². The highest BCUT2D eigenvalue weighted by Crippen LogP contribution is 2.21. The van der Waals surface area contributed by atoms with Crippen molar-refractivity contribution in [1.29, 1.82) is 0 Å². The van der Waals surface area contributed by atoms with Crippen molar-refractivity contribution in [3.63, 3.8) is 0 Å². The average Bonchev–Trinajstić information content (AvgIpc) is 2.90. The molecule has 0 aliphatic rings. The van der Waals surface area contributed by atoms with E-state index < -0.39 is 0 Å². The third-order valence-electron chi connectivity index (χ3n) is 3.31. The fourth-order valence-corrected chi connectivity index (χ4v) is 2.20. The molecule has 0 unspecified atom stereocenters. The van der Waals surface area contributed by atoms with Gasteiger partial charge in [-0.3, -0.25) is 4.79 Å². The highest BCUT2D eigenvalue weighted by atomic mass is 16.3. The first-order valence-corrected chi connectivity index (χ1v) is 6.36. The first kappa shape index (κ1) is 12.4. The van der Waals surface area contributed by atoms with Crippen LogP contribution in [-0.4, -0.2) is 10.9 Å².